The Morgan fingerprint density at radius 1 is 1.19 bits per heavy atom. The minimum absolute atomic E-state index is 0.160. The number of benzene rings is 1. The van der Waals surface area contributed by atoms with Crippen molar-refractivity contribution in [3.8, 4) is 0 Å². The fraction of sp³-hybridized carbons (Fsp3) is 0.375. The molecular weight excluding hydrogens is 406 g/mol. The highest BCUT2D eigenvalue weighted by atomic mass is 32.1. The van der Waals surface area contributed by atoms with E-state index < -0.39 is 0 Å². The van der Waals surface area contributed by atoms with Gasteiger partial charge in [0.1, 0.15) is 0 Å². The van der Waals surface area contributed by atoms with Gasteiger partial charge >= 0.3 is 0 Å². The summed E-state index contributed by atoms with van der Waals surface area (Å²) in [5, 5.41) is 8.97. The van der Waals surface area contributed by atoms with Crippen LogP contribution >= 0.6 is 11.3 Å². The number of nitrogens with one attached hydrogen (secondary N) is 2. The van der Waals surface area contributed by atoms with E-state index in [9.17, 15) is 4.79 Å². The van der Waals surface area contributed by atoms with Crippen LogP contribution in [0, 0.1) is 6.92 Å². The van der Waals surface area contributed by atoms with Crippen molar-refractivity contribution in [3.63, 3.8) is 0 Å². The average molecular weight is 436 g/mol. The molecule has 2 aromatic heterocycles. The molecule has 4 rings (SSSR count). The molecular formula is C24H29N5OS. The molecule has 0 bridgehead atoms. The second-order valence-electron chi connectivity index (χ2n) is 8.51. The molecule has 1 amide bonds. The zero-order chi connectivity index (χ0) is 21.8. The molecule has 0 aliphatic carbocycles. The second-order valence-corrected chi connectivity index (χ2v) is 9.36. The first kappa shape index (κ1) is 21.6. The second kappa shape index (κ2) is 9.26. The SMILES string of the molecule is Cc1ccc(C(C)(C)c2csc(NC(=O)c3cccnc3CN3CCNCC3)n2)cc1. The van der Waals surface area contributed by atoms with Gasteiger partial charge in [0.05, 0.1) is 17.0 Å². The Morgan fingerprint density at radius 3 is 2.68 bits per heavy atom. The van der Waals surface area contributed by atoms with Gasteiger partial charge in [-0.3, -0.25) is 20.0 Å². The Labute approximate surface area is 187 Å². The van der Waals surface area contributed by atoms with Gasteiger partial charge < -0.3 is 5.32 Å². The number of carbonyl (C=O) groups is 1. The molecule has 1 aliphatic heterocycles. The van der Waals surface area contributed by atoms with Crippen molar-refractivity contribution in [1.82, 2.24) is 20.2 Å². The first-order valence-electron chi connectivity index (χ1n) is 10.6. The van der Waals surface area contributed by atoms with Crippen LogP contribution in [0.15, 0.2) is 48.0 Å². The normalized spacial score (nSPS) is 15.1. The van der Waals surface area contributed by atoms with E-state index in [0.29, 0.717) is 17.2 Å². The summed E-state index contributed by atoms with van der Waals surface area (Å²) in [6, 6.07) is 12.2. The molecule has 0 atom stereocenters. The van der Waals surface area contributed by atoms with Gasteiger partial charge in [-0.1, -0.05) is 43.7 Å². The Bertz CT molecular complexity index is 1040. The van der Waals surface area contributed by atoms with E-state index in [4.69, 9.17) is 4.98 Å². The summed E-state index contributed by atoms with van der Waals surface area (Å²) in [6.07, 6.45) is 1.75. The Balaban J connectivity index is 1.49. The van der Waals surface area contributed by atoms with E-state index in [1.807, 2.05) is 17.5 Å². The van der Waals surface area contributed by atoms with Crippen LogP contribution in [0.25, 0.3) is 0 Å². The summed E-state index contributed by atoms with van der Waals surface area (Å²) in [5.74, 6) is -0.160. The first-order chi connectivity index (χ1) is 14.9. The van der Waals surface area contributed by atoms with Crippen molar-refractivity contribution in [2.45, 2.75) is 32.7 Å². The summed E-state index contributed by atoms with van der Waals surface area (Å²) in [5.41, 5.74) is 4.55. The molecule has 1 fully saturated rings. The number of hydrogen-bond donors (Lipinski definition) is 2. The molecule has 6 nitrogen and oxygen atoms in total. The van der Waals surface area contributed by atoms with Crippen LogP contribution in [0.2, 0.25) is 0 Å². The van der Waals surface area contributed by atoms with E-state index in [1.165, 1.54) is 22.5 Å². The molecule has 2 N–H and O–H groups in total. The smallest absolute Gasteiger partial charge is 0.259 e. The lowest BCUT2D eigenvalue weighted by Gasteiger charge is -2.27. The molecule has 0 saturated carbocycles. The maximum atomic E-state index is 13.0. The fourth-order valence-electron chi connectivity index (χ4n) is 3.75. The number of rotatable bonds is 6. The third kappa shape index (κ3) is 5.01. The van der Waals surface area contributed by atoms with Gasteiger partial charge in [0.15, 0.2) is 5.13 Å². The highest BCUT2D eigenvalue weighted by Crippen LogP contribution is 2.33. The van der Waals surface area contributed by atoms with Crippen molar-refractivity contribution >= 4 is 22.4 Å². The number of pyridine rings is 1. The number of anilines is 1. The van der Waals surface area contributed by atoms with Gasteiger partial charge in [0.25, 0.3) is 5.91 Å². The third-order valence-corrected chi connectivity index (χ3v) is 6.61. The van der Waals surface area contributed by atoms with Crippen LogP contribution in [0.1, 0.15) is 46.7 Å². The quantitative estimate of drug-likeness (QED) is 0.616. The number of aromatic nitrogens is 2. The van der Waals surface area contributed by atoms with E-state index >= 15 is 0 Å². The highest BCUT2D eigenvalue weighted by Gasteiger charge is 2.26. The van der Waals surface area contributed by atoms with Crippen molar-refractivity contribution in [2.75, 3.05) is 31.5 Å². The highest BCUT2D eigenvalue weighted by molar-refractivity contribution is 7.14. The summed E-state index contributed by atoms with van der Waals surface area (Å²) < 4.78 is 0. The van der Waals surface area contributed by atoms with E-state index in [-0.39, 0.29) is 11.3 Å². The maximum absolute atomic E-state index is 13.0. The van der Waals surface area contributed by atoms with Crippen LogP contribution in [-0.2, 0) is 12.0 Å². The van der Waals surface area contributed by atoms with Crippen molar-refractivity contribution in [3.05, 3.63) is 76.1 Å². The molecule has 162 valence electrons. The van der Waals surface area contributed by atoms with E-state index in [1.54, 1.807) is 6.20 Å². The van der Waals surface area contributed by atoms with Crippen molar-refractivity contribution < 1.29 is 4.79 Å². The topological polar surface area (TPSA) is 70.2 Å². The summed E-state index contributed by atoms with van der Waals surface area (Å²) in [4.78, 5) is 24.6. The Kier molecular flexibility index (Phi) is 6.46. The van der Waals surface area contributed by atoms with Crippen LogP contribution in [0.3, 0.4) is 0 Å². The molecule has 1 saturated heterocycles. The predicted octanol–water partition coefficient (Wildman–Crippen LogP) is 3.83. The molecule has 0 spiro atoms. The van der Waals surface area contributed by atoms with Crippen molar-refractivity contribution in [2.24, 2.45) is 0 Å². The van der Waals surface area contributed by atoms with Gasteiger partial charge in [-0.05, 0) is 24.6 Å². The minimum atomic E-state index is -0.241. The fourth-order valence-corrected chi connectivity index (χ4v) is 4.63. The largest absolute Gasteiger partial charge is 0.314 e. The summed E-state index contributed by atoms with van der Waals surface area (Å²) in [6.45, 7) is 10.9. The molecule has 31 heavy (non-hydrogen) atoms. The molecule has 0 unspecified atom stereocenters. The Morgan fingerprint density at radius 2 is 1.94 bits per heavy atom. The maximum Gasteiger partial charge on any atom is 0.259 e. The third-order valence-electron chi connectivity index (χ3n) is 5.86. The lowest BCUT2D eigenvalue weighted by Crippen LogP contribution is -2.43. The van der Waals surface area contributed by atoms with Gasteiger partial charge in [-0.15, -0.1) is 11.3 Å². The van der Waals surface area contributed by atoms with Gasteiger partial charge in [-0.2, -0.15) is 0 Å². The number of piperazine rings is 1. The molecule has 1 aliphatic rings. The first-order valence-corrected chi connectivity index (χ1v) is 11.5. The molecule has 3 heterocycles. The predicted molar refractivity (Wildman–Crippen MR) is 126 cm³/mol. The van der Waals surface area contributed by atoms with Gasteiger partial charge in [0.2, 0.25) is 0 Å². The summed E-state index contributed by atoms with van der Waals surface area (Å²) in [7, 11) is 0. The van der Waals surface area contributed by atoms with Crippen LogP contribution in [0.4, 0.5) is 5.13 Å². The van der Waals surface area contributed by atoms with E-state index in [0.717, 1.165) is 37.6 Å². The number of thiazole rings is 1. The number of aryl methyl sites for hydroxylation is 1. The molecule has 3 aromatic rings. The van der Waals surface area contributed by atoms with Crippen LogP contribution in [-0.4, -0.2) is 47.0 Å². The average Bonchev–Trinajstić information content (AvgIpc) is 3.24. The van der Waals surface area contributed by atoms with E-state index in [2.05, 4.69) is 65.6 Å². The zero-order valence-corrected chi connectivity index (χ0v) is 19.1. The minimum Gasteiger partial charge on any atom is -0.314 e. The van der Waals surface area contributed by atoms with Crippen LogP contribution < -0.4 is 10.6 Å². The zero-order valence-electron chi connectivity index (χ0n) is 18.3. The lowest BCUT2D eigenvalue weighted by atomic mass is 9.82. The molecule has 7 heteroatoms. The monoisotopic (exact) mass is 435 g/mol. The number of hydrogen-bond acceptors (Lipinski definition) is 6. The number of carbonyl (C=O) groups excluding carboxylic acids is 1. The van der Waals surface area contributed by atoms with Crippen LogP contribution in [0.5, 0.6) is 0 Å². The standard InChI is InChI=1S/C24H29N5OS/c1-17-6-8-18(9-7-17)24(2,3)21-16-31-23(27-21)28-22(30)19-5-4-10-26-20(19)15-29-13-11-25-12-14-29/h4-10,16,25H,11-15H2,1-3H3,(H,27,28,30). The molecule has 0 radical (unpaired) electrons. The van der Waals surface area contributed by atoms with Gasteiger partial charge in [0, 0.05) is 49.7 Å². The molecule has 1 aromatic carbocycles. The summed E-state index contributed by atoms with van der Waals surface area (Å²) >= 11 is 1.46. The van der Waals surface area contributed by atoms with Crippen molar-refractivity contribution in [1.29, 1.82) is 0 Å². The number of nitrogens with zero attached hydrogens (tertiary/aromatic N) is 3. The lowest BCUT2D eigenvalue weighted by molar-refractivity contribution is 0.102. The number of amides is 1. The van der Waals surface area contributed by atoms with Gasteiger partial charge in [-0.25, -0.2) is 4.98 Å². The Hall–Kier alpha value is -2.61.